The second kappa shape index (κ2) is 9.88. The molecule has 3 unspecified atom stereocenters. The molecular weight excluding hydrogens is 394 g/mol. The minimum atomic E-state index is -1.05. The molecule has 2 aliphatic carbocycles. The van der Waals surface area contributed by atoms with E-state index in [9.17, 15) is 14.7 Å². The van der Waals surface area contributed by atoms with Gasteiger partial charge in [0.05, 0.1) is 18.2 Å². The third-order valence-corrected chi connectivity index (χ3v) is 6.85. The molecule has 2 saturated carbocycles. The SMILES string of the molecule is CCCOc1c(C(=O)NC(C)C2CC3CCCC(C3)C2)cnn1/C=C/C(C)(C)C(=O)O. The van der Waals surface area contributed by atoms with Crippen LogP contribution in [0.4, 0.5) is 0 Å². The summed E-state index contributed by atoms with van der Waals surface area (Å²) in [5.41, 5.74) is -0.668. The standard InChI is InChI=1S/C24H37N3O4/c1-5-11-31-22-20(15-25-27(22)10-9-24(3,4)23(29)30)21(28)26-16(2)19-13-17-7-6-8-18(12-17)14-19/h9-10,15-19H,5-8,11-14H2,1-4H3,(H,26,28)(H,29,30)/b10-9+. The van der Waals surface area contributed by atoms with Gasteiger partial charge < -0.3 is 15.2 Å². The lowest BCUT2D eigenvalue weighted by molar-refractivity contribution is -0.144. The predicted octanol–water partition coefficient (Wildman–Crippen LogP) is 4.59. The Labute approximate surface area is 185 Å². The number of carboxylic acid groups (broad SMARTS) is 1. The Bertz CT molecular complexity index is 802. The first-order chi connectivity index (χ1) is 14.7. The van der Waals surface area contributed by atoms with Gasteiger partial charge in [-0.2, -0.15) is 5.10 Å². The minimum absolute atomic E-state index is 0.0970. The van der Waals surface area contributed by atoms with Crippen LogP contribution in [0.5, 0.6) is 5.88 Å². The van der Waals surface area contributed by atoms with Crippen LogP contribution in [0.2, 0.25) is 0 Å². The molecule has 7 heteroatoms. The number of aromatic nitrogens is 2. The molecule has 2 bridgehead atoms. The number of aliphatic carboxylic acids is 1. The maximum absolute atomic E-state index is 13.1. The van der Waals surface area contributed by atoms with Crippen molar-refractivity contribution in [2.24, 2.45) is 23.2 Å². The number of nitrogens with zero attached hydrogens (tertiary/aromatic N) is 2. The van der Waals surface area contributed by atoms with Crippen molar-refractivity contribution in [1.82, 2.24) is 15.1 Å². The van der Waals surface area contributed by atoms with Gasteiger partial charge >= 0.3 is 5.97 Å². The van der Waals surface area contributed by atoms with Crippen LogP contribution >= 0.6 is 0 Å². The number of hydrogen-bond donors (Lipinski definition) is 2. The fourth-order valence-electron chi connectivity index (χ4n) is 4.88. The quantitative estimate of drug-likeness (QED) is 0.596. The summed E-state index contributed by atoms with van der Waals surface area (Å²) in [6.07, 6.45) is 13.2. The molecule has 3 atom stereocenters. The lowest BCUT2D eigenvalue weighted by atomic mass is 9.66. The normalized spacial score (nSPS) is 24.7. The fraction of sp³-hybridized carbons (Fsp3) is 0.708. The van der Waals surface area contributed by atoms with Gasteiger partial charge in [-0.1, -0.05) is 26.2 Å². The van der Waals surface area contributed by atoms with Crippen molar-refractivity contribution in [3.05, 3.63) is 17.8 Å². The number of fused-ring (bicyclic) bond motifs is 2. The Hall–Kier alpha value is -2.31. The predicted molar refractivity (Wildman–Crippen MR) is 120 cm³/mol. The second-order valence-electron chi connectivity index (χ2n) is 9.89. The van der Waals surface area contributed by atoms with Crippen LogP contribution in [0.3, 0.4) is 0 Å². The van der Waals surface area contributed by atoms with E-state index in [-0.39, 0.29) is 11.9 Å². The molecule has 1 aromatic heterocycles. The van der Waals surface area contributed by atoms with Crippen LogP contribution in [0.15, 0.2) is 12.3 Å². The molecule has 172 valence electrons. The van der Waals surface area contributed by atoms with E-state index < -0.39 is 11.4 Å². The van der Waals surface area contributed by atoms with Crippen LogP contribution < -0.4 is 10.1 Å². The second-order valence-corrected chi connectivity index (χ2v) is 9.89. The largest absolute Gasteiger partial charge is 0.481 e. The molecule has 0 saturated heterocycles. The highest BCUT2D eigenvalue weighted by Gasteiger charge is 2.35. The topological polar surface area (TPSA) is 93.5 Å². The van der Waals surface area contributed by atoms with E-state index in [0.29, 0.717) is 24.0 Å². The molecular formula is C24H37N3O4. The first-order valence-corrected chi connectivity index (χ1v) is 11.6. The van der Waals surface area contributed by atoms with E-state index in [0.717, 1.165) is 18.3 Å². The van der Waals surface area contributed by atoms with Crippen molar-refractivity contribution < 1.29 is 19.4 Å². The smallest absolute Gasteiger partial charge is 0.312 e. The van der Waals surface area contributed by atoms with E-state index in [1.807, 2.05) is 6.92 Å². The molecule has 31 heavy (non-hydrogen) atoms. The van der Waals surface area contributed by atoms with Gasteiger partial charge in [-0.15, -0.1) is 0 Å². The molecule has 2 N–H and O–H groups in total. The van der Waals surface area contributed by atoms with E-state index in [4.69, 9.17) is 4.74 Å². The third-order valence-electron chi connectivity index (χ3n) is 6.85. The average molecular weight is 432 g/mol. The van der Waals surface area contributed by atoms with Crippen molar-refractivity contribution in [3.8, 4) is 5.88 Å². The third kappa shape index (κ3) is 5.69. The Balaban J connectivity index is 1.73. The molecule has 0 radical (unpaired) electrons. The van der Waals surface area contributed by atoms with Crippen LogP contribution in [0.25, 0.3) is 6.20 Å². The number of carbonyl (C=O) groups is 2. The molecule has 1 heterocycles. The van der Waals surface area contributed by atoms with Crippen molar-refractivity contribution in [3.63, 3.8) is 0 Å². The first kappa shape index (κ1) is 23.4. The van der Waals surface area contributed by atoms with Gasteiger partial charge in [0.25, 0.3) is 5.91 Å². The number of hydrogen-bond acceptors (Lipinski definition) is 4. The van der Waals surface area contributed by atoms with Gasteiger partial charge in [-0.25, -0.2) is 4.68 Å². The zero-order chi connectivity index (χ0) is 22.6. The summed E-state index contributed by atoms with van der Waals surface area (Å²) in [6.45, 7) is 7.76. The first-order valence-electron chi connectivity index (χ1n) is 11.6. The summed E-state index contributed by atoms with van der Waals surface area (Å²) in [4.78, 5) is 24.5. The molecule has 0 spiro atoms. The summed E-state index contributed by atoms with van der Waals surface area (Å²) in [7, 11) is 0. The van der Waals surface area contributed by atoms with Gasteiger partial charge in [0, 0.05) is 12.2 Å². The van der Waals surface area contributed by atoms with Crippen LogP contribution in [-0.4, -0.2) is 39.4 Å². The van der Waals surface area contributed by atoms with Gasteiger partial charge in [0.1, 0.15) is 5.56 Å². The molecule has 2 fully saturated rings. The van der Waals surface area contributed by atoms with Gasteiger partial charge in [0.15, 0.2) is 0 Å². The van der Waals surface area contributed by atoms with Crippen molar-refractivity contribution in [2.75, 3.05) is 6.61 Å². The highest BCUT2D eigenvalue weighted by atomic mass is 16.5. The van der Waals surface area contributed by atoms with Crippen LogP contribution in [-0.2, 0) is 4.79 Å². The van der Waals surface area contributed by atoms with E-state index in [1.165, 1.54) is 49.4 Å². The average Bonchev–Trinajstić information content (AvgIpc) is 3.13. The Morgan fingerprint density at radius 3 is 2.61 bits per heavy atom. The van der Waals surface area contributed by atoms with Crippen molar-refractivity contribution >= 4 is 18.1 Å². The number of ether oxygens (including phenoxy) is 1. The number of carboxylic acids is 1. The number of rotatable bonds is 9. The summed E-state index contributed by atoms with van der Waals surface area (Å²) < 4.78 is 7.28. The summed E-state index contributed by atoms with van der Waals surface area (Å²) in [6, 6.07) is 0.0970. The van der Waals surface area contributed by atoms with E-state index >= 15 is 0 Å². The molecule has 1 amide bonds. The molecule has 7 nitrogen and oxygen atoms in total. The number of carbonyl (C=O) groups excluding carboxylic acids is 1. The highest BCUT2D eigenvalue weighted by Crippen LogP contribution is 2.43. The van der Waals surface area contributed by atoms with E-state index in [1.54, 1.807) is 26.1 Å². The Kier molecular flexibility index (Phi) is 7.44. The zero-order valence-corrected chi connectivity index (χ0v) is 19.3. The monoisotopic (exact) mass is 431 g/mol. The van der Waals surface area contributed by atoms with Gasteiger partial charge in [-0.3, -0.25) is 9.59 Å². The lowest BCUT2D eigenvalue weighted by Crippen LogP contribution is -2.42. The fourth-order valence-corrected chi connectivity index (χ4v) is 4.88. The molecule has 2 aliphatic rings. The van der Waals surface area contributed by atoms with Crippen molar-refractivity contribution in [1.29, 1.82) is 0 Å². The summed E-state index contributed by atoms with van der Waals surface area (Å²) in [5, 5.41) is 16.8. The van der Waals surface area contributed by atoms with Crippen LogP contribution in [0.1, 0.15) is 83.0 Å². The molecule has 0 aliphatic heterocycles. The van der Waals surface area contributed by atoms with Crippen molar-refractivity contribution in [2.45, 2.75) is 78.7 Å². The summed E-state index contributed by atoms with van der Waals surface area (Å²) in [5.74, 6) is 1.36. The van der Waals surface area contributed by atoms with Gasteiger partial charge in [-0.05, 0) is 70.3 Å². The summed E-state index contributed by atoms with van der Waals surface area (Å²) >= 11 is 0. The number of nitrogens with one attached hydrogen (secondary N) is 1. The molecule has 1 aromatic rings. The lowest BCUT2D eigenvalue weighted by Gasteiger charge is -2.41. The van der Waals surface area contributed by atoms with Gasteiger partial charge in [0.2, 0.25) is 5.88 Å². The maximum Gasteiger partial charge on any atom is 0.312 e. The maximum atomic E-state index is 13.1. The Morgan fingerprint density at radius 1 is 1.32 bits per heavy atom. The highest BCUT2D eigenvalue weighted by molar-refractivity contribution is 5.96. The molecule has 0 aromatic carbocycles. The minimum Gasteiger partial charge on any atom is -0.481 e. The molecule has 3 rings (SSSR count). The van der Waals surface area contributed by atoms with Crippen LogP contribution in [0, 0.1) is 23.2 Å². The Morgan fingerprint density at radius 2 is 2.00 bits per heavy atom. The number of amides is 1. The van der Waals surface area contributed by atoms with E-state index in [2.05, 4.69) is 17.3 Å². The zero-order valence-electron chi connectivity index (χ0n) is 19.3.